The van der Waals surface area contributed by atoms with Crippen LogP contribution in [0, 0.1) is 5.92 Å². The summed E-state index contributed by atoms with van der Waals surface area (Å²) in [6.45, 7) is 6.03. The van der Waals surface area contributed by atoms with E-state index in [9.17, 15) is 4.79 Å². The monoisotopic (exact) mass is 354 g/mol. The van der Waals surface area contributed by atoms with Crippen molar-refractivity contribution < 1.29 is 19.0 Å². The third-order valence-corrected chi connectivity index (χ3v) is 5.16. The van der Waals surface area contributed by atoms with Gasteiger partial charge in [0.2, 0.25) is 0 Å². The summed E-state index contributed by atoms with van der Waals surface area (Å²) >= 11 is 0. The second-order valence-electron chi connectivity index (χ2n) is 6.76. The van der Waals surface area contributed by atoms with E-state index in [0.29, 0.717) is 26.4 Å². The summed E-state index contributed by atoms with van der Waals surface area (Å²) in [4.78, 5) is 16.9. The molecule has 8 heteroatoms. The van der Waals surface area contributed by atoms with Gasteiger partial charge in [-0.2, -0.15) is 0 Å². The summed E-state index contributed by atoms with van der Waals surface area (Å²) < 4.78 is 17.0. The molecule has 2 rings (SSSR count). The first-order valence-electron chi connectivity index (χ1n) is 9.24. The highest BCUT2D eigenvalue weighted by Gasteiger charge is 2.41. The van der Waals surface area contributed by atoms with Gasteiger partial charge in [0.05, 0.1) is 43.4 Å². The van der Waals surface area contributed by atoms with Crippen molar-refractivity contribution in [2.45, 2.75) is 63.8 Å². The van der Waals surface area contributed by atoms with Gasteiger partial charge in [-0.15, -0.1) is 0 Å². The molecule has 0 unspecified atom stereocenters. The van der Waals surface area contributed by atoms with E-state index in [1.165, 1.54) is 0 Å². The summed E-state index contributed by atoms with van der Waals surface area (Å²) in [5.74, 6) is -0.0652. The maximum absolute atomic E-state index is 11.8. The molecule has 0 aromatic heterocycles. The third kappa shape index (κ3) is 5.31. The fraction of sp³-hybridized carbons (Fsp3) is 0.941. The van der Waals surface area contributed by atoms with E-state index in [1.54, 1.807) is 0 Å². The first kappa shape index (κ1) is 20.0. The number of ether oxygens (including phenoxy) is 3. The highest BCUT2D eigenvalue weighted by atomic mass is 16.5. The van der Waals surface area contributed by atoms with Crippen LogP contribution in [-0.2, 0) is 19.0 Å². The van der Waals surface area contributed by atoms with Crippen LogP contribution >= 0.6 is 0 Å². The Hall–Kier alpha value is -1.34. The summed E-state index contributed by atoms with van der Waals surface area (Å²) in [5, 5.41) is 3.87. The lowest BCUT2D eigenvalue weighted by atomic mass is 9.87. The van der Waals surface area contributed by atoms with Crippen LogP contribution in [-0.4, -0.2) is 68.6 Å². The number of carbonyl (C=O) groups is 1. The van der Waals surface area contributed by atoms with E-state index < -0.39 is 0 Å². The van der Waals surface area contributed by atoms with Crippen molar-refractivity contribution in [3.63, 3.8) is 0 Å². The fourth-order valence-corrected chi connectivity index (χ4v) is 3.81. The third-order valence-electron chi connectivity index (χ3n) is 5.16. The van der Waals surface area contributed by atoms with Crippen molar-refractivity contribution >= 4 is 5.97 Å². The van der Waals surface area contributed by atoms with Crippen molar-refractivity contribution in [1.29, 1.82) is 0 Å². The van der Waals surface area contributed by atoms with Crippen molar-refractivity contribution in [2.24, 2.45) is 11.0 Å². The summed E-state index contributed by atoms with van der Waals surface area (Å²) in [7, 11) is 2.00. The smallest absolute Gasteiger partial charge is 0.308 e. The quantitative estimate of drug-likeness (QED) is 0.289. The number of esters is 1. The minimum absolute atomic E-state index is 0.0134. The van der Waals surface area contributed by atoms with Crippen molar-refractivity contribution in [2.75, 3.05) is 33.4 Å². The lowest BCUT2D eigenvalue weighted by molar-refractivity contribution is -0.150. The SMILES string of the molecule is CCOC(=O)C1CCC(OC[C@@H]2[C@@H](OCC)[C@H](N=[N+]=[N-])CN2C)CC1. The molecule has 0 aromatic rings. The molecule has 2 aliphatic rings. The summed E-state index contributed by atoms with van der Waals surface area (Å²) in [6.07, 6.45) is 3.42. The Morgan fingerprint density at radius 3 is 2.52 bits per heavy atom. The van der Waals surface area contributed by atoms with Crippen LogP contribution in [0.4, 0.5) is 0 Å². The van der Waals surface area contributed by atoms with Crippen molar-refractivity contribution in [1.82, 2.24) is 4.90 Å². The van der Waals surface area contributed by atoms with E-state index in [-0.39, 0.29) is 36.2 Å². The van der Waals surface area contributed by atoms with E-state index >= 15 is 0 Å². The minimum Gasteiger partial charge on any atom is -0.466 e. The highest BCUT2D eigenvalue weighted by Crippen LogP contribution is 2.29. The van der Waals surface area contributed by atoms with Gasteiger partial charge in [0.1, 0.15) is 0 Å². The Kier molecular flexibility index (Phi) is 7.96. The van der Waals surface area contributed by atoms with Crippen LogP contribution in [0.1, 0.15) is 39.5 Å². The van der Waals surface area contributed by atoms with Crippen LogP contribution in [0.2, 0.25) is 0 Å². The molecule has 1 saturated heterocycles. The zero-order valence-electron chi connectivity index (χ0n) is 15.5. The van der Waals surface area contributed by atoms with Gasteiger partial charge >= 0.3 is 5.97 Å². The number of hydrogen-bond acceptors (Lipinski definition) is 6. The Balaban J connectivity index is 1.82. The number of hydrogen-bond donors (Lipinski definition) is 0. The molecule has 0 aromatic carbocycles. The van der Waals surface area contributed by atoms with E-state index in [0.717, 1.165) is 25.7 Å². The number of carbonyl (C=O) groups excluding carboxylic acids is 1. The number of likely N-dealkylation sites (N-methyl/N-ethyl adjacent to an activating group) is 1. The largest absolute Gasteiger partial charge is 0.466 e. The maximum atomic E-state index is 11.8. The predicted octanol–water partition coefficient (Wildman–Crippen LogP) is 2.52. The van der Waals surface area contributed by atoms with Gasteiger partial charge in [-0.1, -0.05) is 5.11 Å². The number of rotatable bonds is 8. The standard InChI is InChI=1S/C17H30N4O4/c1-4-23-16-14(19-20-18)10-21(3)15(16)11-25-13-8-6-12(7-9-13)17(22)24-5-2/h12-16H,4-11H2,1-3H3/t12?,13?,14-,15-,16+/m1/s1. The fourth-order valence-electron chi connectivity index (χ4n) is 3.81. The molecular weight excluding hydrogens is 324 g/mol. The Morgan fingerprint density at radius 2 is 1.92 bits per heavy atom. The Bertz CT molecular complexity index is 475. The van der Waals surface area contributed by atoms with Gasteiger partial charge in [0, 0.05) is 18.1 Å². The van der Waals surface area contributed by atoms with Crippen LogP contribution in [0.3, 0.4) is 0 Å². The second-order valence-corrected chi connectivity index (χ2v) is 6.76. The first-order valence-corrected chi connectivity index (χ1v) is 9.24. The van der Waals surface area contributed by atoms with E-state index in [4.69, 9.17) is 19.7 Å². The second kappa shape index (κ2) is 9.97. The number of nitrogens with zero attached hydrogens (tertiary/aromatic N) is 4. The molecule has 1 heterocycles. The molecule has 1 aliphatic heterocycles. The molecule has 2 fully saturated rings. The molecule has 1 saturated carbocycles. The summed E-state index contributed by atoms with van der Waals surface area (Å²) in [5.41, 5.74) is 8.74. The molecule has 0 N–H and O–H groups in total. The number of likely N-dealkylation sites (tertiary alicyclic amines) is 1. The van der Waals surface area contributed by atoms with Crippen molar-refractivity contribution in [3.8, 4) is 0 Å². The molecule has 8 nitrogen and oxygen atoms in total. The van der Waals surface area contributed by atoms with Gasteiger partial charge in [-0.3, -0.25) is 9.69 Å². The van der Waals surface area contributed by atoms with E-state index in [2.05, 4.69) is 14.9 Å². The lowest BCUT2D eigenvalue weighted by Crippen LogP contribution is -2.41. The van der Waals surface area contributed by atoms with Gasteiger partial charge < -0.3 is 14.2 Å². The Morgan fingerprint density at radius 1 is 1.20 bits per heavy atom. The predicted molar refractivity (Wildman–Crippen MR) is 93.1 cm³/mol. The molecule has 0 spiro atoms. The molecular formula is C17H30N4O4. The Labute approximate surface area is 149 Å². The average molecular weight is 354 g/mol. The molecule has 1 aliphatic carbocycles. The van der Waals surface area contributed by atoms with E-state index in [1.807, 2.05) is 20.9 Å². The number of azide groups is 1. The molecule has 0 bridgehead atoms. The summed E-state index contributed by atoms with van der Waals surface area (Å²) in [6, 6.07) is -0.0960. The normalized spacial score (nSPS) is 33.0. The average Bonchev–Trinajstić information content (AvgIpc) is 2.89. The highest BCUT2D eigenvalue weighted by molar-refractivity contribution is 5.72. The van der Waals surface area contributed by atoms with Gasteiger partial charge in [-0.25, -0.2) is 0 Å². The topological polar surface area (TPSA) is 96.8 Å². The van der Waals surface area contributed by atoms with Gasteiger partial charge in [0.15, 0.2) is 0 Å². The lowest BCUT2D eigenvalue weighted by Gasteiger charge is -2.31. The van der Waals surface area contributed by atoms with Crippen LogP contribution in [0.15, 0.2) is 5.11 Å². The molecule has 0 amide bonds. The van der Waals surface area contributed by atoms with Crippen molar-refractivity contribution in [3.05, 3.63) is 10.4 Å². The van der Waals surface area contributed by atoms with Crippen LogP contribution < -0.4 is 0 Å². The molecule has 142 valence electrons. The zero-order chi connectivity index (χ0) is 18.2. The van der Waals surface area contributed by atoms with Gasteiger partial charge in [0.25, 0.3) is 0 Å². The maximum Gasteiger partial charge on any atom is 0.308 e. The molecule has 0 radical (unpaired) electrons. The first-order chi connectivity index (χ1) is 12.1. The van der Waals surface area contributed by atoms with Crippen LogP contribution in [0.25, 0.3) is 10.4 Å². The molecule has 3 atom stereocenters. The minimum atomic E-state index is -0.178. The van der Waals surface area contributed by atoms with Gasteiger partial charge in [-0.05, 0) is 52.1 Å². The van der Waals surface area contributed by atoms with Crippen LogP contribution in [0.5, 0.6) is 0 Å². The zero-order valence-corrected chi connectivity index (χ0v) is 15.5. The molecule has 25 heavy (non-hydrogen) atoms.